The highest BCUT2D eigenvalue weighted by Crippen LogP contribution is 2.67. The Bertz CT molecular complexity index is 798. The Morgan fingerprint density at radius 1 is 1.21 bits per heavy atom. The molecule has 4 aliphatic rings. The number of hydrogen-bond donors (Lipinski definition) is 4. The molecule has 6 heteroatoms. The van der Waals surface area contributed by atoms with E-state index in [4.69, 9.17) is 11.2 Å². The second-order valence-corrected chi connectivity index (χ2v) is 10.1. The minimum atomic E-state index is -1.59. The summed E-state index contributed by atoms with van der Waals surface area (Å²) in [6.45, 7) is 5.41. The minimum absolute atomic E-state index is 0.0892. The fraction of sp³-hybridized carbons (Fsp3) is 0.783. The van der Waals surface area contributed by atoms with E-state index in [-0.39, 0.29) is 28.9 Å². The third-order valence-electron chi connectivity index (χ3n) is 8.99. The molecular weight excluding hydrogens is 372 g/mol. The van der Waals surface area contributed by atoms with Gasteiger partial charge >= 0.3 is 5.97 Å². The van der Waals surface area contributed by atoms with Crippen molar-refractivity contribution >= 4 is 5.97 Å². The molecule has 6 nitrogen and oxygen atoms in total. The molecular formula is C23H32O6. The highest BCUT2D eigenvalue weighted by molar-refractivity contribution is 5.66. The van der Waals surface area contributed by atoms with Gasteiger partial charge in [0.25, 0.3) is 0 Å². The average molecular weight is 405 g/mol. The average Bonchev–Trinajstić information content (AvgIpc) is 2.86. The Morgan fingerprint density at radius 2 is 1.90 bits per heavy atom. The predicted octanol–water partition coefficient (Wildman–Crippen LogP) is 2.07. The smallest absolute Gasteiger partial charge is 0.303 e. The molecule has 0 aliphatic heterocycles. The van der Waals surface area contributed by atoms with Gasteiger partial charge in [-0.2, -0.15) is 0 Å². The summed E-state index contributed by atoms with van der Waals surface area (Å²) in [6, 6.07) is 0. The molecule has 0 spiro atoms. The van der Waals surface area contributed by atoms with Crippen molar-refractivity contribution in [3.63, 3.8) is 0 Å². The molecule has 3 saturated carbocycles. The van der Waals surface area contributed by atoms with E-state index in [1.807, 2.05) is 6.92 Å². The molecule has 0 bridgehead atoms. The van der Waals surface area contributed by atoms with Crippen LogP contribution in [0.5, 0.6) is 0 Å². The lowest BCUT2D eigenvalue weighted by molar-refractivity contribution is -0.154. The summed E-state index contributed by atoms with van der Waals surface area (Å²) in [7, 11) is 0. The first-order valence-corrected chi connectivity index (χ1v) is 10.7. The molecule has 0 radical (unpaired) electrons. The van der Waals surface area contributed by atoms with E-state index in [1.54, 1.807) is 0 Å². The number of esters is 1. The fourth-order valence-electron chi connectivity index (χ4n) is 7.37. The lowest BCUT2D eigenvalue weighted by atomic mass is 9.45. The third-order valence-corrected chi connectivity index (χ3v) is 8.99. The van der Waals surface area contributed by atoms with Crippen molar-refractivity contribution in [2.24, 2.45) is 28.6 Å². The highest BCUT2D eigenvalue weighted by atomic mass is 16.6. The maximum Gasteiger partial charge on any atom is 0.303 e. The van der Waals surface area contributed by atoms with Crippen LogP contribution in [0.3, 0.4) is 0 Å². The van der Waals surface area contributed by atoms with Crippen LogP contribution in [0.4, 0.5) is 0 Å². The fourth-order valence-corrected chi connectivity index (χ4v) is 7.37. The molecule has 4 aliphatic carbocycles. The van der Waals surface area contributed by atoms with Gasteiger partial charge < -0.3 is 25.2 Å². The number of terminal acetylenes is 1. The van der Waals surface area contributed by atoms with Gasteiger partial charge in [0.15, 0.2) is 11.7 Å². The Kier molecular flexibility index (Phi) is 4.62. The summed E-state index contributed by atoms with van der Waals surface area (Å²) in [6.07, 6.45) is 6.66. The van der Waals surface area contributed by atoms with Gasteiger partial charge in [-0.05, 0) is 67.3 Å². The predicted molar refractivity (Wildman–Crippen MR) is 105 cm³/mol. The first kappa shape index (κ1) is 20.7. The maximum absolute atomic E-state index is 11.4. The number of fused-ring (bicyclic) bond motifs is 5. The Hall–Kier alpha value is -1.55. The summed E-state index contributed by atoms with van der Waals surface area (Å²) >= 11 is 0. The molecule has 0 heterocycles. The summed E-state index contributed by atoms with van der Waals surface area (Å²) in [5.74, 6) is 2.02. The molecule has 9 atom stereocenters. The zero-order chi connectivity index (χ0) is 21.4. The first-order chi connectivity index (χ1) is 13.5. The second kappa shape index (κ2) is 6.47. The van der Waals surface area contributed by atoms with E-state index in [2.05, 4.69) is 12.8 Å². The van der Waals surface area contributed by atoms with Crippen LogP contribution in [0, 0.1) is 40.9 Å². The second-order valence-electron chi connectivity index (χ2n) is 10.1. The van der Waals surface area contributed by atoms with Crippen molar-refractivity contribution in [3.05, 3.63) is 11.3 Å². The summed E-state index contributed by atoms with van der Waals surface area (Å²) in [5, 5.41) is 43.7. The largest absolute Gasteiger partial charge is 0.508 e. The Morgan fingerprint density at radius 3 is 2.52 bits per heavy atom. The van der Waals surface area contributed by atoms with Crippen LogP contribution in [0.1, 0.15) is 59.3 Å². The summed E-state index contributed by atoms with van der Waals surface area (Å²) in [4.78, 5) is 11.4. The number of ether oxygens (including phenoxy) is 1. The first-order valence-electron chi connectivity index (χ1n) is 10.7. The van der Waals surface area contributed by atoms with Crippen LogP contribution < -0.4 is 0 Å². The van der Waals surface area contributed by atoms with Gasteiger partial charge in [0.05, 0.1) is 12.2 Å². The summed E-state index contributed by atoms with van der Waals surface area (Å²) < 4.78 is 5.29. The molecule has 0 aromatic carbocycles. The number of rotatable bonds is 1. The van der Waals surface area contributed by atoms with Gasteiger partial charge in [0, 0.05) is 12.3 Å². The molecule has 4 rings (SSSR count). The lowest BCUT2D eigenvalue weighted by Crippen LogP contribution is -2.59. The topological polar surface area (TPSA) is 107 Å². The van der Waals surface area contributed by atoms with Crippen LogP contribution >= 0.6 is 0 Å². The quantitative estimate of drug-likeness (QED) is 0.394. The number of hydrogen-bond acceptors (Lipinski definition) is 6. The lowest BCUT2D eigenvalue weighted by Gasteiger charge is -2.60. The van der Waals surface area contributed by atoms with Crippen LogP contribution in [0.25, 0.3) is 0 Å². The zero-order valence-electron chi connectivity index (χ0n) is 17.4. The number of aliphatic hydroxyl groups is 4. The third kappa shape index (κ3) is 2.57. The highest BCUT2D eigenvalue weighted by Gasteiger charge is 2.68. The van der Waals surface area contributed by atoms with Gasteiger partial charge in [0.1, 0.15) is 5.76 Å². The van der Waals surface area contributed by atoms with Crippen molar-refractivity contribution < 1.29 is 30.0 Å². The normalized spacial score (nSPS) is 51.5. The Labute approximate surface area is 172 Å². The number of carbonyl (C=O) groups excluding carboxylic acids is 1. The van der Waals surface area contributed by atoms with E-state index in [0.29, 0.717) is 25.7 Å². The van der Waals surface area contributed by atoms with E-state index >= 15 is 0 Å². The molecule has 0 unspecified atom stereocenters. The molecule has 0 saturated heterocycles. The minimum Gasteiger partial charge on any atom is -0.508 e. The molecule has 0 aromatic heterocycles. The molecule has 0 aromatic rings. The monoisotopic (exact) mass is 404 g/mol. The van der Waals surface area contributed by atoms with Crippen molar-refractivity contribution in [2.75, 3.05) is 0 Å². The molecule has 3 fully saturated rings. The van der Waals surface area contributed by atoms with E-state index in [1.165, 1.54) is 6.92 Å². The van der Waals surface area contributed by atoms with Gasteiger partial charge in [0.2, 0.25) is 0 Å². The standard InChI is InChI=1S/C23H32O6/c1-5-23(28)18(26)11-14-19-13(6-9-22(14,23)4)21(3)8-7-17(29-12(2)24)20(27)15(21)10-16(19)25/h1,13-14,16-19,25-28H,6-11H2,2-4H3/t13-,14-,16+,17+,18+,19+,21+,22-,23-/m0/s1. The SMILES string of the molecule is C#C[C@]1(O)[C@H](O)C[C@H]2[C@@H]3[C@H](O)CC4=C(O)[C@H](OC(C)=O)CC[C@]4(C)[C@H]3CC[C@@]21C. The van der Waals surface area contributed by atoms with Gasteiger partial charge in [-0.3, -0.25) is 4.79 Å². The molecule has 29 heavy (non-hydrogen) atoms. The zero-order valence-corrected chi connectivity index (χ0v) is 17.4. The van der Waals surface area contributed by atoms with E-state index in [0.717, 1.165) is 18.4 Å². The molecule has 160 valence electrons. The maximum atomic E-state index is 11.4. The van der Waals surface area contributed by atoms with Gasteiger partial charge in [-0.25, -0.2) is 0 Å². The van der Waals surface area contributed by atoms with Crippen molar-refractivity contribution in [1.82, 2.24) is 0 Å². The van der Waals surface area contributed by atoms with Crippen molar-refractivity contribution in [3.8, 4) is 12.3 Å². The van der Waals surface area contributed by atoms with Crippen LogP contribution in [-0.2, 0) is 9.53 Å². The van der Waals surface area contributed by atoms with Gasteiger partial charge in [-0.1, -0.05) is 19.8 Å². The molecule has 0 amide bonds. The van der Waals surface area contributed by atoms with Crippen molar-refractivity contribution in [1.29, 1.82) is 0 Å². The number of carbonyl (C=O) groups is 1. The number of aliphatic hydroxyl groups excluding tert-OH is 3. The van der Waals surface area contributed by atoms with Crippen LogP contribution in [-0.4, -0.2) is 50.3 Å². The van der Waals surface area contributed by atoms with Crippen LogP contribution in [0.2, 0.25) is 0 Å². The Balaban J connectivity index is 1.73. The van der Waals surface area contributed by atoms with E-state index < -0.39 is 35.3 Å². The van der Waals surface area contributed by atoms with Crippen molar-refractivity contribution in [2.45, 2.75) is 83.2 Å². The van der Waals surface area contributed by atoms with Gasteiger partial charge in [-0.15, -0.1) is 6.42 Å². The summed E-state index contributed by atoms with van der Waals surface area (Å²) in [5.41, 5.74) is -1.77. The van der Waals surface area contributed by atoms with Crippen LogP contribution in [0.15, 0.2) is 11.3 Å². The molecule has 4 N–H and O–H groups in total. The van der Waals surface area contributed by atoms with E-state index in [9.17, 15) is 25.2 Å².